The average molecular weight is 280 g/mol. The lowest BCUT2D eigenvalue weighted by Crippen LogP contribution is -1.91. The molecule has 20 heavy (non-hydrogen) atoms. The fourth-order valence-corrected chi connectivity index (χ4v) is 3.77. The first-order chi connectivity index (χ1) is 9.90. The Morgan fingerprint density at radius 2 is 1.75 bits per heavy atom. The van der Waals surface area contributed by atoms with E-state index in [0.29, 0.717) is 0 Å². The zero-order chi connectivity index (χ0) is 13.8. The van der Waals surface area contributed by atoms with E-state index >= 15 is 0 Å². The highest BCUT2D eigenvalue weighted by molar-refractivity contribution is 7.98. The van der Waals surface area contributed by atoms with Crippen LogP contribution in [0.25, 0.3) is 5.57 Å². The Labute approximate surface area is 125 Å². The fourth-order valence-electron chi connectivity index (χ4n) is 2.69. The SMILES string of the molecule is CCCC/C=C1/c2ccccc2CSc2ccccc21. The molecule has 0 amide bonds. The van der Waals surface area contributed by atoms with Crippen molar-refractivity contribution in [3.05, 3.63) is 71.3 Å². The van der Waals surface area contributed by atoms with E-state index in [-0.39, 0.29) is 0 Å². The molecule has 0 atom stereocenters. The van der Waals surface area contributed by atoms with Crippen molar-refractivity contribution in [1.82, 2.24) is 0 Å². The Bertz CT molecular complexity index is 576. The Morgan fingerprint density at radius 1 is 1.00 bits per heavy atom. The molecule has 1 aliphatic heterocycles. The molecule has 3 rings (SSSR count). The minimum atomic E-state index is 1.07. The normalized spacial score (nSPS) is 15.6. The van der Waals surface area contributed by atoms with Crippen LogP contribution in [-0.4, -0.2) is 0 Å². The van der Waals surface area contributed by atoms with Crippen molar-refractivity contribution < 1.29 is 0 Å². The zero-order valence-electron chi connectivity index (χ0n) is 11.9. The van der Waals surface area contributed by atoms with Crippen LogP contribution in [0, 0.1) is 0 Å². The molecule has 0 unspecified atom stereocenters. The van der Waals surface area contributed by atoms with Gasteiger partial charge in [-0.15, -0.1) is 11.8 Å². The molecule has 1 aliphatic rings. The Morgan fingerprint density at radius 3 is 2.60 bits per heavy atom. The molecule has 0 saturated heterocycles. The molecule has 0 radical (unpaired) electrons. The van der Waals surface area contributed by atoms with Gasteiger partial charge >= 0.3 is 0 Å². The third-order valence-corrected chi connectivity index (χ3v) is 4.90. The highest BCUT2D eigenvalue weighted by atomic mass is 32.2. The molecule has 0 bridgehead atoms. The summed E-state index contributed by atoms with van der Waals surface area (Å²) in [4.78, 5) is 1.41. The molecule has 1 heterocycles. The molecular weight excluding hydrogens is 260 g/mol. The third kappa shape index (κ3) is 2.69. The van der Waals surface area contributed by atoms with Gasteiger partial charge in [-0.3, -0.25) is 0 Å². The smallest absolute Gasteiger partial charge is 0.0238 e. The number of benzene rings is 2. The molecule has 0 N–H and O–H groups in total. The van der Waals surface area contributed by atoms with Gasteiger partial charge < -0.3 is 0 Å². The van der Waals surface area contributed by atoms with Gasteiger partial charge in [-0.1, -0.05) is 68.3 Å². The molecule has 1 heteroatoms. The van der Waals surface area contributed by atoms with Gasteiger partial charge in [0.05, 0.1) is 0 Å². The number of rotatable bonds is 3. The first-order valence-corrected chi connectivity index (χ1v) is 8.39. The van der Waals surface area contributed by atoms with Gasteiger partial charge in [0, 0.05) is 10.6 Å². The highest BCUT2D eigenvalue weighted by Crippen LogP contribution is 2.40. The quantitative estimate of drug-likeness (QED) is 0.629. The minimum absolute atomic E-state index is 1.07. The summed E-state index contributed by atoms with van der Waals surface area (Å²) in [6.45, 7) is 2.25. The summed E-state index contributed by atoms with van der Waals surface area (Å²) in [5.74, 6) is 1.07. The minimum Gasteiger partial charge on any atom is -0.121 e. The molecule has 102 valence electrons. The summed E-state index contributed by atoms with van der Waals surface area (Å²) in [6, 6.07) is 17.7. The molecule has 0 saturated carbocycles. The third-order valence-electron chi connectivity index (χ3n) is 3.77. The Kier molecular flexibility index (Phi) is 4.27. The summed E-state index contributed by atoms with van der Waals surface area (Å²) >= 11 is 1.95. The maximum Gasteiger partial charge on any atom is 0.0238 e. The number of unbranched alkanes of at least 4 members (excludes halogenated alkanes) is 2. The van der Waals surface area contributed by atoms with E-state index in [1.165, 1.54) is 46.4 Å². The largest absolute Gasteiger partial charge is 0.121 e. The van der Waals surface area contributed by atoms with Crippen LogP contribution in [0.2, 0.25) is 0 Å². The zero-order valence-corrected chi connectivity index (χ0v) is 12.7. The van der Waals surface area contributed by atoms with Crippen molar-refractivity contribution in [3.8, 4) is 0 Å². The van der Waals surface area contributed by atoms with E-state index in [4.69, 9.17) is 0 Å². The Balaban J connectivity index is 2.11. The highest BCUT2D eigenvalue weighted by Gasteiger charge is 2.17. The van der Waals surface area contributed by atoms with Crippen molar-refractivity contribution >= 4 is 17.3 Å². The lowest BCUT2D eigenvalue weighted by atomic mass is 9.93. The molecule has 0 spiro atoms. The molecule has 0 fully saturated rings. The Hall–Kier alpha value is -1.47. The van der Waals surface area contributed by atoms with Crippen molar-refractivity contribution in [1.29, 1.82) is 0 Å². The summed E-state index contributed by atoms with van der Waals surface area (Å²) < 4.78 is 0. The molecule has 0 nitrogen and oxygen atoms in total. The van der Waals surface area contributed by atoms with Crippen LogP contribution in [0.5, 0.6) is 0 Å². The van der Waals surface area contributed by atoms with E-state index in [0.717, 1.165) is 5.75 Å². The van der Waals surface area contributed by atoms with E-state index < -0.39 is 0 Å². The second kappa shape index (κ2) is 6.32. The summed E-state index contributed by atoms with van der Waals surface area (Å²) in [6.07, 6.45) is 6.12. The summed E-state index contributed by atoms with van der Waals surface area (Å²) in [7, 11) is 0. The van der Waals surface area contributed by atoms with Gasteiger partial charge in [0.1, 0.15) is 0 Å². The van der Waals surface area contributed by atoms with Crippen LogP contribution < -0.4 is 0 Å². The van der Waals surface area contributed by atoms with Crippen molar-refractivity contribution in [3.63, 3.8) is 0 Å². The van der Waals surface area contributed by atoms with E-state index in [9.17, 15) is 0 Å². The number of hydrogen-bond acceptors (Lipinski definition) is 1. The van der Waals surface area contributed by atoms with Gasteiger partial charge in [0.2, 0.25) is 0 Å². The van der Waals surface area contributed by atoms with Crippen LogP contribution in [0.1, 0.15) is 42.9 Å². The standard InChI is InChI=1S/C19H20S/c1-2-3-4-11-17-16-10-6-5-9-15(16)14-20-19-13-8-7-12-18(17)19/h5-13H,2-4,14H2,1H3/b17-11-. The number of allylic oxidation sites excluding steroid dienone is 1. The van der Waals surface area contributed by atoms with Gasteiger partial charge in [0.25, 0.3) is 0 Å². The lowest BCUT2D eigenvalue weighted by molar-refractivity contribution is 0.815. The molecule has 2 aromatic carbocycles. The lowest BCUT2D eigenvalue weighted by Gasteiger charge is -2.11. The van der Waals surface area contributed by atoms with Gasteiger partial charge in [-0.05, 0) is 34.8 Å². The molecular formula is C19H20S. The van der Waals surface area contributed by atoms with Crippen molar-refractivity contribution in [2.45, 2.75) is 36.8 Å². The van der Waals surface area contributed by atoms with Gasteiger partial charge in [-0.25, -0.2) is 0 Å². The first-order valence-electron chi connectivity index (χ1n) is 7.41. The molecule has 0 aliphatic carbocycles. The van der Waals surface area contributed by atoms with Crippen LogP contribution in [0.3, 0.4) is 0 Å². The van der Waals surface area contributed by atoms with Gasteiger partial charge in [-0.2, -0.15) is 0 Å². The number of fused-ring (bicyclic) bond motifs is 2. The fraction of sp³-hybridized carbons (Fsp3) is 0.263. The topological polar surface area (TPSA) is 0 Å². The van der Waals surface area contributed by atoms with Crippen LogP contribution >= 0.6 is 11.8 Å². The predicted octanol–water partition coefficient (Wildman–Crippen LogP) is 5.91. The first kappa shape index (κ1) is 13.5. The van der Waals surface area contributed by atoms with Crippen molar-refractivity contribution in [2.24, 2.45) is 0 Å². The van der Waals surface area contributed by atoms with E-state index in [1.807, 2.05) is 11.8 Å². The van der Waals surface area contributed by atoms with Crippen LogP contribution in [-0.2, 0) is 5.75 Å². The van der Waals surface area contributed by atoms with E-state index in [1.54, 1.807) is 0 Å². The second-order valence-corrected chi connectivity index (χ2v) is 6.22. The number of hydrogen-bond donors (Lipinski definition) is 0. The number of thioether (sulfide) groups is 1. The van der Waals surface area contributed by atoms with Crippen LogP contribution in [0.4, 0.5) is 0 Å². The maximum absolute atomic E-state index is 2.44. The predicted molar refractivity (Wildman–Crippen MR) is 89.0 cm³/mol. The average Bonchev–Trinajstić information content (AvgIpc) is 2.66. The van der Waals surface area contributed by atoms with Crippen molar-refractivity contribution in [2.75, 3.05) is 0 Å². The maximum atomic E-state index is 2.44. The second-order valence-electron chi connectivity index (χ2n) is 5.20. The molecule has 2 aromatic rings. The van der Waals surface area contributed by atoms with Crippen LogP contribution in [0.15, 0.2) is 59.5 Å². The monoisotopic (exact) mass is 280 g/mol. The van der Waals surface area contributed by atoms with E-state index in [2.05, 4.69) is 61.5 Å². The summed E-state index contributed by atoms with van der Waals surface area (Å²) in [5.41, 5.74) is 5.70. The van der Waals surface area contributed by atoms with Gasteiger partial charge in [0.15, 0.2) is 0 Å². The molecule has 0 aromatic heterocycles. The summed E-state index contributed by atoms with van der Waals surface area (Å²) in [5, 5.41) is 0.